The molecule has 94 valence electrons. The third-order valence-electron chi connectivity index (χ3n) is 2.45. The zero-order valence-electron chi connectivity index (χ0n) is 9.10. The maximum Gasteiger partial charge on any atom is 0.390 e. The molecular formula is C9H16F3N3O. The highest BCUT2D eigenvalue weighted by atomic mass is 19.4. The molecule has 1 atom stereocenters. The molecule has 0 bridgehead atoms. The minimum absolute atomic E-state index is 0.291. The zero-order valence-corrected chi connectivity index (χ0v) is 9.10. The molecule has 1 aliphatic rings. The first-order valence-electron chi connectivity index (χ1n) is 5.16. The second-order valence-electron chi connectivity index (χ2n) is 3.84. The molecule has 4 nitrogen and oxygen atoms in total. The van der Waals surface area contributed by atoms with E-state index in [1.807, 2.05) is 0 Å². The van der Waals surface area contributed by atoms with Crippen molar-refractivity contribution in [3.8, 4) is 0 Å². The van der Waals surface area contributed by atoms with Crippen molar-refractivity contribution in [2.24, 2.45) is 0 Å². The van der Waals surface area contributed by atoms with Gasteiger partial charge in [-0.3, -0.25) is 4.79 Å². The van der Waals surface area contributed by atoms with Crippen molar-refractivity contribution in [2.75, 3.05) is 33.2 Å². The average molecular weight is 239 g/mol. The maximum absolute atomic E-state index is 12.0. The summed E-state index contributed by atoms with van der Waals surface area (Å²) in [7, 11) is 1.39. The molecule has 0 aromatic heterocycles. The molecule has 1 saturated heterocycles. The Morgan fingerprint density at radius 3 is 2.62 bits per heavy atom. The van der Waals surface area contributed by atoms with Crippen LogP contribution in [0.15, 0.2) is 0 Å². The molecule has 1 fully saturated rings. The first kappa shape index (κ1) is 13.2. The van der Waals surface area contributed by atoms with Crippen LogP contribution in [0, 0.1) is 0 Å². The van der Waals surface area contributed by atoms with Crippen LogP contribution >= 0.6 is 0 Å². The maximum atomic E-state index is 12.0. The molecule has 0 aromatic rings. The average Bonchev–Trinajstić information content (AvgIpc) is 2.25. The van der Waals surface area contributed by atoms with E-state index in [-0.39, 0.29) is 12.5 Å². The number of amides is 1. The Labute approximate surface area is 92.2 Å². The van der Waals surface area contributed by atoms with E-state index in [1.54, 1.807) is 0 Å². The molecular weight excluding hydrogens is 223 g/mol. The van der Waals surface area contributed by atoms with Crippen LogP contribution in [0.5, 0.6) is 0 Å². The van der Waals surface area contributed by atoms with Gasteiger partial charge in [-0.25, -0.2) is 0 Å². The van der Waals surface area contributed by atoms with Crippen LogP contribution in [0.3, 0.4) is 0 Å². The quantitative estimate of drug-likeness (QED) is 0.726. The van der Waals surface area contributed by atoms with E-state index in [0.29, 0.717) is 13.1 Å². The molecule has 0 spiro atoms. The number of likely N-dealkylation sites (N-methyl/N-ethyl adjacent to an activating group) is 1. The smallest absolute Gasteiger partial charge is 0.344 e. The standard InChI is InChI=1S/C9H16F3N3O/c1-15(5-2-9(10,11)12)8(16)7-6-13-3-4-14-7/h7,13-14H,2-6H2,1H3. The largest absolute Gasteiger partial charge is 0.390 e. The lowest BCUT2D eigenvalue weighted by molar-refractivity contribution is -0.145. The minimum Gasteiger partial charge on any atom is -0.344 e. The number of hydrogen-bond acceptors (Lipinski definition) is 3. The monoisotopic (exact) mass is 239 g/mol. The summed E-state index contributed by atoms with van der Waals surface area (Å²) in [5, 5.41) is 5.97. The fourth-order valence-corrected chi connectivity index (χ4v) is 1.50. The number of alkyl halides is 3. The molecule has 7 heteroatoms. The predicted octanol–water partition coefficient (Wildman–Crippen LogP) is -0.0414. The highest BCUT2D eigenvalue weighted by Crippen LogP contribution is 2.19. The normalized spacial score (nSPS) is 21.9. The zero-order chi connectivity index (χ0) is 12.2. The van der Waals surface area contributed by atoms with Crippen molar-refractivity contribution in [3.63, 3.8) is 0 Å². The van der Waals surface area contributed by atoms with E-state index in [9.17, 15) is 18.0 Å². The molecule has 1 unspecified atom stereocenters. The van der Waals surface area contributed by atoms with Gasteiger partial charge in [-0.05, 0) is 0 Å². The van der Waals surface area contributed by atoms with Gasteiger partial charge >= 0.3 is 6.18 Å². The molecule has 1 aliphatic heterocycles. The van der Waals surface area contributed by atoms with E-state index in [1.165, 1.54) is 7.05 Å². The van der Waals surface area contributed by atoms with Crippen LogP contribution in [0.1, 0.15) is 6.42 Å². The number of halogens is 3. The molecule has 0 aromatic carbocycles. The lowest BCUT2D eigenvalue weighted by atomic mass is 10.2. The summed E-state index contributed by atoms with van der Waals surface area (Å²) in [5.74, 6) is -0.295. The lowest BCUT2D eigenvalue weighted by Crippen LogP contribution is -2.56. The Kier molecular flexibility index (Phi) is 4.55. The number of carbonyl (C=O) groups excluding carboxylic acids is 1. The molecule has 1 heterocycles. The second-order valence-corrected chi connectivity index (χ2v) is 3.84. The van der Waals surface area contributed by atoms with Crippen molar-refractivity contribution in [1.29, 1.82) is 0 Å². The third kappa shape index (κ3) is 4.36. The Balaban J connectivity index is 2.34. The summed E-state index contributed by atoms with van der Waals surface area (Å²) in [6, 6.07) is -0.410. The van der Waals surface area contributed by atoms with Crippen molar-refractivity contribution < 1.29 is 18.0 Å². The molecule has 1 amide bonds. The van der Waals surface area contributed by atoms with Crippen LogP contribution in [0.25, 0.3) is 0 Å². The van der Waals surface area contributed by atoms with Crippen LogP contribution < -0.4 is 10.6 Å². The highest BCUT2D eigenvalue weighted by molar-refractivity contribution is 5.82. The molecule has 0 radical (unpaired) electrons. The fourth-order valence-electron chi connectivity index (χ4n) is 1.50. The van der Waals surface area contributed by atoms with Gasteiger partial charge in [0.1, 0.15) is 0 Å². The second kappa shape index (κ2) is 5.49. The molecule has 16 heavy (non-hydrogen) atoms. The summed E-state index contributed by atoms with van der Waals surface area (Å²) in [6.45, 7) is 1.61. The van der Waals surface area contributed by atoms with Gasteiger partial charge in [0, 0.05) is 33.2 Å². The van der Waals surface area contributed by atoms with Gasteiger partial charge in [0.2, 0.25) is 5.91 Å². The SMILES string of the molecule is CN(CCC(F)(F)F)C(=O)C1CNCCN1. The summed E-state index contributed by atoms with van der Waals surface area (Å²) >= 11 is 0. The van der Waals surface area contributed by atoms with Crippen LogP contribution in [-0.4, -0.2) is 56.3 Å². The predicted molar refractivity (Wildman–Crippen MR) is 53.0 cm³/mol. The Bertz CT molecular complexity index is 239. The summed E-state index contributed by atoms with van der Waals surface area (Å²) in [4.78, 5) is 12.8. The lowest BCUT2D eigenvalue weighted by Gasteiger charge is -2.28. The minimum atomic E-state index is -4.22. The number of nitrogens with zero attached hydrogens (tertiary/aromatic N) is 1. The summed E-state index contributed by atoms with van der Waals surface area (Å²) in [5.41, 5.74) is 0. The van der Waals surface area contributed by atoms with Crippen molar-refractivity contribution in [2.45, 2.75) is 18.6 Å². The number of piperazine rings is 1. The van der Waals surface area contributed by atoms with Gasteiger partial charge in [0.15, 0.2) is 0 Å². The van der Waals surface area contributed by atoms with Crippen LogP contribution in [0.4, 0.5) is 13.2 Å². The Morgan fingerprint density at radius 2 is 2.12 bits per heavy atom. The summed E-state index contributed by atoms with van der Waals surface area (Å²) < 4.78 is 35.9. The molecule has 0 saturated carbocycles. The number of nitrogens with one attached hydrogen (secondary N) is 2. The first-order valence-corrected chi connectivity index (χ1v) is 5.16. The first-order chi connectivity index (χ1) is 7.40. The van der Waals surface area contributed by atoms with Crippen LogP contribution in [-0.2, 0) is 4.79 Å². The Morgan fingerprint density at radius 1 is 1.44 bits per heavy atom. The van der Waals surface area contributed by atoms with Crippen LogP contribution in [0.2, 0.25) is 0 Å². The molecule has 2 N–H and O–H groups in total. The van der Waals surface area contributed by atoms with E-state index in [0.717, 1.165) is 11.4 Å². The van der Waals surface area contributed by atoms with Crippen molar-refractivity contribution in [1.82, 2.24) is 15.5 Å². The van der Waals surface area contributed by atoms with Crippen molar-refractivity contribution in [3.05, 3.63) is 0 Å². The number of rotatable bonds is 3. The van der Waals surface area contributed by atoms with Gasteiger partial charge in [-0.15, -0.1) is 0 Å². The van der Waals surface area contributed by atoms with E-state index >= 15 is 0 Å². The van der Waals surface area contributed by atoms with Gasteiger partial charge in [0.05, 0.1) is 12.5 Å². The van der Waals surface area contributed by atoms with Crippen molar-refractivity contribution >= 4 is 5.91 Å². The van der Waals surface area contributed by atoms with E-state index < -0.39 is 18.6 Å². The number of carbonyl (C=O) groups is 1. The van der Waals surface area contributed by atoms with Gasteiger partial charge in [-0.2, -0.15) is 13.2 Å². The van der Waals surface area contributed by atoms with E-state index in [4.69, 9.17) is 0 Å². The number of hydrogen-bond donors (Lipinski definition) is 2. The summed E-state index contributed by atoms with van der Waals surface area (Å²) in [6.07, 6.45) is -5.18. The van der Waals surface area contributed by atoms with Gasteiger partial charge in [0.25, 0.3) is 0 Å². The highest BCUT2D eigenvalue weighted by Gasteiger charge is 2.30. The molecule has 0 aliphatic carbocycles. The Hall–Kier alpha value is -0.820. The third-order valence-corrected chi connectivity index (χ3v) is 2.45. The molecule has 1 rings (SSSR count). The topological polar surface area (TPSA) is 44.4 Å². The van der Waals surface area contributed by atoms with E-state index in [2.05, 4.69) is 10.6 Å². The van der Waals surface area contributed by atoms with Gasteiger partial charge < -0.3 is 15.5 Å². The van der Waals surface area contributed by atoms with Gasteiger partial charge in [-0.1, -0.05) is 0 Å². The fraction of sp³-hybridized carbons (Fsp3) is 0.889.